The molecule has 0 aromatic carbocycles. The lowest BCUT2D eigenvalue weighted by molar-refractivity contribution is -0.121. The minimum absolute atomic E-state index is 0.255. The zero-order chi connectivity index (χ0) is 21.1. The predicted octanol–water partition coefficient (Wildman–Crippen LogP) is 9.09. The molecule has 0 bridgehead atoms. The van der Waals surface area contributed by atoms with Crippen LogP contribution in [0, 0.1) is 16.7 Å². The number of ketones is 1. The van der Waals surface area contributed by atoms with Crippen molar-refractivity contribution in [3.05, 3.63) is 0 Å². The number of carbonyl (C=O) groups excluding carboxylic acids is 1. The van der Waals surface area contributed by atoms with Gasteiger partial charge in [-0.2, -0.15) is 0 Å². The van der Waals surface area contributed by atoms with E-state index >= 15 is 0 Å². The number of Topliss-reactive ketones (excluding diaryl/α,β-unsaturated/α-hetero) is 1. The Morgan fingerprint density at radius 3 is 1.24 bits per heavy atom. The van der Waals surface area contributed by atoms with Crippen LogP contribution < -0.4 is 0 Å². The first kappa shape index (κ1) is 32.4. The number of unbranched alkanes of at least 4 members (excludes halogenated alkanes) is 1. The van der Waals surface area contributed by atoms with E-state index in [1.165, 1.54) is 38.5 Å². The van der Waals surface area contributed by atoms with E-state index in [9.17, 15) is 4.79 Å². The molecule has 1 rings (SSSR count). The molecule has 0 N–H and O–H groups in total. The first-order valence-corrected chi connectivity index (χ1v) is 11.4. The Balaban J connectivity index is -0.000000186. The molecule has 1 aliphatic carbocycles. The second kappa shape index (κ2) is 20.0. The van der Waals surface area contributed by atoms with Crippen LogP contribution in [0.15, 0.2) is 0 Å². The van der Waals surface area contributed by atoms with E-state index in [1.54, 1.807) is 6.92 Å². The molecule has 156 valence electrons. The third-order valence-electron chi connectivity index (χ3n) is 5.60. The normalized spacial score (nSPS) is 19.9. The van der Waals surface area contributed by atoms with E-state index in [1.807, 2.05) is 41.5 Å². The quantitative estimate of drug-likeness (QED) is 0.443. The predicted molar refractivity (Wildman–Crippen MR) is 119 cm³/mol. The highest BCUT2D eigenvalue weighted by Crippen LogP contribution is 2.72. The van der Waals surface area contributed by atoms with Crippen LogP contribution in [0.4, 0.5) is 0 Å². The van der Waals surface area contributed by atoms with Gasteiger partial charge in [0.1, 0.15) is 5.78 Å². The molecule has 0 aliphatic heterocycles. The Bertz CT molecular complexity index is 263. The zero-order valence-electron chi connectivity index (χ0n) is 20.4. The highest BCUT2D eigenvalue weighted by Gasteiger charge is 2.63. The first-order chi connectivity index (χ1) is 11.9. The van der Waals surface area contributed by atoms with Gasteiger partial charge in [-0.1, -0.05) is 95.9 Å². The van der Waals surface area contributed by atoms with Crippen LogP contribution in [-0.2, 0) is 4.79 Å². The molecule has 1 heteroatoms. The van der Waals surface area contributed by atoms with Crippen LogP contribution in [-0.4, -0.2) is 5.78 Å². The van der Waals surface area contributed by atoms with Gasteiger partial charge in [-0.15, -0.1) is 0 Å². The molecule has 1 fully saturated rings. The maximum Gasteiger partial charge on any atom is 0.132 e. The fourth-order valence-electron chi connectivity index (χ4n) is 3.52. The van der Waals surface area contributed by atoms with E-state index < -0.39 is 0 Å². The van der Waals surface area contributed by atoms with E-state index in [0.717, 1.165) is 6.42 Å². The van der Waals surface area contributed by atoms with Gasteiger partial charge in [-0.25, -0.2) is 0 Å². The van der Waals surface area contributed by atoms with Crippen LogP contribution in [0.25, 0.3) is 0 Å². The van der Waals surface area contributed by atoms with Crippen LogP contribution in [0.5, 0.6) is 0 Å². The fourth-order valence-corrected chi connectivity index (χ4v) is 3.52. The van der Waals surface area contributed by atoms with Crippen molar-refractivity contribution >= 4 is 5.78 Å². The van der Waals surface area contributed by atoms with Gasteiger partial charge in [0.15, 0.2) is 0 Å². The third kappa shape index (κ3) is 11.1. The van der Waals surface area contributed by atoms with Gasteiger partial charge in [0.2, 0.25) is 0 Å². The Morgan fingerprint density at radius 1 is 0.760 bits per heavy atom. The summed E-state index contributed by atoms with van der Waals surface area (Å²) in [6.45, 7) is 27.1. The number of hydrogen-bond acceptors (Lipinski definition) is 1. The Hall–Kier alpha value is -0.330. The Labute approximate surface area is 162 Å². The topological polar surface area (TPSA) is 17.1 Å². The van der Waals surface area contributed by atoms with Crippen molar-refractivity contribution < 1.29 is 4.79 Å². The summed E-state index contributed by atoms with van der Waals surface area (Å²) >= 11 is 0. The van der Waals surface area contributed by atoms with Gasteiger partial charge < -0.3 is 0 Å². The number of rotatable bonds is 7. The lowest BCUT2D eigenvalue weighted by Gasteiger charge is -2.25. The molecule has 0 heterocycles. The minimum atomic E-state index is 0.255. The highest BCUT2D eigenvalue weighted by molar-refractivity contribution is 5.78. The molecule has 0 radical (unpaired) electrons. The molecular weight excluding hydrogens is 304 g/mol. The maximum atomic E-state index is 11.4. The first-order valence-electron chi connectivity index (χ1n) is 11.4. The van der Waals surface area contributed by atoms with Crippen LogP contribution >= 0.6 is 0 Å². The number of hydrogen-bond donors (Lipinski definition) is 0. The van der Waals surface area contributed by atoms with Gasteiger partial charge in [0.25, 0.3) is 0 Å². The van der Waals surface area contributed by atoms with E-state index in [-0.39, 0.29) is 5.92 Å². The average Bonchev–Trinajstić information content (AvgIpc) is 3.34. The molecule has 0 aromatic rings. The highest BCUT2D eigenvalue weighted by atomic mass is 16.1. The molecule has 0 amide bonds. The van der Waals surface area contributed by atoms with Crippen LogP contribution in [0.2, 0.25) is 0 Å². The van der Waals surface area contributed by atoms with Crippen LogP contribution in [0.3, 0.4) is 0 Å². The second-order valence-corrected chi connectivity index (χ2v) is 6.51. The largest absolute Gasteiger partial charge is 0.300 e. The minimum Gasteiger partial charge on any atom is -0.300 e. The summed E-state index contributed by atoms with van der Waals surface area (Å²) < 4.78 is 0. The number of carbonyl (C=O) groups is 1. The standard InChI is InChI=1S/C14H26O.C4H10.3C2H6/c1-6-13(7-2)10-14(13,8-3)9-11(4)12(5)15;1-3-4-2;3*1-2/h11H,6-10H2,1-5H3;3-4H2,1-2H3;3*1-2H3. The Morgan fingerprint density at radius 2 is 1.08 bits per heavy atom. The lowest BCUT2D eigenvalue weighted by atomic mass is 9.79. The summed E-state index contributed by atoms with van der Waals surface area (Å²) in [7, 11) is 0. The van der Waals surface area contributed by atoms with Crippen LogP contribution in [0.1, 0.15) is 135 Å². The smallest absolute Gasteiger partial charge is 0.132 e. The summed E-state index contributed by atoms with van der Waals surface area (Å²) in [5, 5.41) is 0. The fraction of sp³-hybridized carbons (Fsp3) is 0.958. The summed E-state index contributed by atoms with van der Waals surface area (Å²) in [6.07, 6.45) is 8.90. The molecule has 25 heavy (non-hydrogen) atoms. The zero-order valence-corrected chi connectivity index (χ0v) is 20.4. The van der Waals surface area contributed by atoms with E-state index in [4.69, 9.17) is 0 Å². The molecule has 2 atom stereocenters. The van der Waals surface area contributed by atoms with Gasteiger partial charge in [-0.3, -0.25) is 4.79 Å². The summed E-state index contributed by atoms with van der Waals surface area (Å²) in [6, 6.07) is 0. The third-order valence-corrected chi connectivity index (χ3v) is 5.60. The summed E-state index contributed by atoms with van der Waals surface area (Å²) in [5.74, 6) is 0.612. The van der Waals surface area contributed by atoms with Crippen molar-refractivity contribution in [3.63, 3.8) is 0 Å². The Kier molecular flexibility index (Phi) is 25.9. The molecule has 2 unspecified atom stereocenters. The molecule has 0 saturated heterocycles. The van der Waals surface area contributed by atoms with Crippen molar-refractivity contribution in [1.82, 2.24) is 0 Å². The van der Waals surface area contributed by atoms with Gasteiger partial charge in [0.05, 0.1) is 0 Å². The van der Waals surface area contributed by atoms with Crippen molar-refractivity contribution in [2.45, 2.75) is 135 Å². The average molecular weight is 359 g/mol. The van der Waals surface area contributed by atoms with Gasteiger partial charge in [-0.05, 0) is 49.9 Å². The molecule has 0 spiro atoms. The van der Waals surface area contributed by atoms with Gasteiger partial charge in [0, 0.05) is 5.92 Å². The molecule has 1 aliphatic rings. The van der Waals surface area contributed by atoms with E-state index in [0.29, 0.717) is 16.6 Å². The second-order valence-electron chi connectivity index (χ2n) is 6.51. The lowest BCUT2D eigenvalue weighted by Crippen LogP contribution is -2.19. The summed E-state index contributed by atoms with van der Waals surface area (Å²) in [5.41, 5.74) is 1.05. The van der Waals surface area contributed by atoms with Crippen molar-refractivity contribution in [1.29, 1.82) is 0 Å². The van der Waals surface area contributed by atoms with Crippen molar-refractivity contribution in [2.75, 3.05) is 0 Å². The van der Waals surface area contributed by atoms with Crippen molar-refractivity contribution in [2.24, 2.45) is 16.7 Å². The van der Waals surface area contributed by atoms with Gasteiger partial charge >= 0.3 is 0 Å². The summed E-state index contributed by atoms with van der Waals surface area (Å²) in [4.78, 5) is 11.4. The molecule has 1 saturated carbocycles. The monoisotopic (exact) mass is 358 g/mol. The molecule has 1 nitrogen and oxygen atoms in total. The molecular formula is C24H54O. The van der Waals surface area contributed by atoms with Crippen molar-refractivity contribution in [3.8, 4) is 0 Å². The SMILES string of the molecule is CC.CC.CC.CCC1(CC)CC1(CC)CC(C)C(C)=O.CCCC. The maximum absolute atomic E-state index is 11.4. The van der Waals surface area contributed by atoms with E-state index in [2.05, 4.69) is 41.5 Å². The molecule has 0 aromatic heterocycles.